The van der Waals surface area contributed by atoms with Crippen LogP contribution in [-0.2, 0) is 31.6 Å². The first-order valence-corrected chi connectivity index (χ1v) is 4.98. The molecule has 0 aromatic heterocycles. The number of rotatable bonds is 0. The molecule has 0 rings (SSSR count). The minimum atomic E-state index is -5.25. The van der Waals surface area contributed by atoms with Crippen molar-refractivity contribution in [2.45, 2.75) is 0 Å². The van der Waals surface area contributed by atoms with Gasteiger partial charge in [-0.25, -0.2) is 0 Å². The molecule has 0 spiro atoms. The fraction of sp³-hybridized carbons (Fsp3) is 0. The Labute approximate surface area is 84.4 Å². The summed E-state index contributed by atoms with van der Waals surface area (Å²) in [5.74, 6) is 0. The van der Waals surface area contributed by atoms with Gasteiger partial charge in [-0.05, 0) is 0 Å². The van der Waals surface area contributed by atoms with E-state index in [4.69, 9.17) is 33.4 Å². The standard InChI is InChI=1S/Cr.H2O4S.2H2O.2O.Pb.2H/c;1-5(2,3)4;;;;;;;/h;(H2,1,2,3,4);2*1H2;;;;;/q+2;;;;;;;;/p-2. The zero-order valence-corrected chi connectivity index (χ0v) is 12.5. The molecule has 4 N–H and O–H groups in total. The first kappa shape index (κ1) is 17.8. The fourth-order valence-electron chi connectivity index (χ4n) is 0. The molecule has 11 heteroatoms. The van der Waals surface area contributed by atoms with Gasteiger partial charge in [0.05, 0.1) is 0 Å². The third-order valence-electron chi connectivity index (χ3n) is 0. The summed E-state index contributed by atoms with van der Waals surface area (Å²) in [6.45, 7) is 0. The zero-order chi connectivity index (χ0) is 9.00. The van der Waals surface area contributed by atoms with Gasteiger partial charge in [0.25, 0.3) is 0 Å². The second-order valence-electron chi connectivity index (χ2n) is 0.896. The van der Waals surface area contributed by atoms with Crippen LogP contribution in [0.3, 0.4) is 0 Å². The van der Waals surface area contributed by atoms with Gasteiger partial charge in [0.2, 0.25) is 0 Å². The summed E-state index contributed by atoms with van der Waals surface area (Å²) < 4.78 is 63.5. The van der Waals surface area contributed by atoms with E-state index in [1.54, 1.807) is 0 Å². The monoisotopic (exact) mass is 426 g/mol. The van der Waals surface area contributed by atoms with Gasteiger partial charge in [-0.15, -0.1) is 0 Å². The van der Waals surface area contributed by atoms with Crippen LogP contribution in [-0.4, -0.2) is 53.1 Å². The summed E-state index contributed by atoms with van der Waals surface area (Å²) in [5.41, 5.74) is 0. The third-order valence-corrected chi connectivity index (χ3v) is 0. The van der Waals surface area contributed by atoms with E-state index >= 15 is 0 Å². The molecule has 0 heterocycles. The van der Waals surface area contributed by atoms with Crippen LogP contribution in [0, 0.1) is 0 Å². The van der Waals surface area contributed by atoms with Crippen LogP contribution < -0.4 is 0 Å². The van der Waals surface area contributed by atoms with Crippen molar-refractivity contribution in [2.24, 2.45) is 0 Å². The topological polar surface area (TPSA) is 149 Å². The molecule has 11 heavy (non-hydrogen) atoms. The summed E-state index contributed by atoms with van der Waals surface area (Å²) >= 11 is -5.25. The zero-order valence-electron chi connectivity index (χ0n) is 4.95. The molecule has 0 atom stereocenters. The van der Waals surface area contributed by atoms with Crippen LogP contribution in [0.1, 0.15) is 0 Å². The fourth-order valence-corrected chi connectivity index (χ4v) is 0. The Morgan fingerprint density at radius 2 is 1.00 bits per heavy atom. The molecular weight excluding hydrogens is 419 g/mol. The van der Waals surface area contributed by atoms with E-state index in [9.17, 15) is 0 Å². The number of hydrogen-bond acceptors (Lipinski definition) is 4. The molecule has 0 aromatic rings. The maximum absolute atomic E-state index is 8.82. The quantitative estimate of drug-likeness (QED) is 0.238. The molecule has 0 unspecified atom stereocenters. The first-order valence-electron chi connectivity index (χ1n) is 1.40. The molecule has 0 amide bonds. The van der Waals surface area contributed by atoms with Crippen LogP contribution in [0.15, 0.2) is 0 Å². The van der Waals surface area contributed by atoms with Crippen LogP contribution in [0.2, 0.25) is 0 Å². The van der Waals surface area contributed by atoms with Gasteiger partial charge in [0.1, 0.15) is 0 Å². The summed E-state index contributed by atoms with van der Waals surface area (Å²) in [4.78, 5) is 0. The van der Waals surface area contributed by atoms with E-state index in [0.717, 1.165) is 0 Å². The van der Waals surface area contributed by atoms with Crippen LogP contribution in [0.5, 0.6) is 0 Å². The second-order valence-corrected chi connectivity index (χ2v) is 3.19. The van der Waals surface area contributed by atoms with Crippen LogP contribution >= 0.6 is 0 Å². The Hall–Kier alpha value is 0.845. The molecule has 70 valence electrons. The summed E-state index contributed by atoms with van der Waals surface area (Å²) in [6, 6.07) is 0. The van der Waals surface area contributed by atoms with Crippen molar-refractivity contribution in [3.63, 3.8) is 0 Å². The van der Waals surface area contributed by atoms with E-state index < -0.39 is 24.0 Å². The van der Waals surface area contributed by atoms with E-state index in [0.29, 0.717) is 0 Å². The van der Waals surface area contributed by atoms with Gasteiger partial charge in [0, 0.05) is 0 Å². The van der Waals surface area contributed by atoms with Gasteiger partial charge in [-0.1, -0.05) is 0 Å². The van der Waals surface area contributed by atoms with Crippen LogP contribution in [0.4, 0.5) is 0 Å². The Morgan fingerprint density at radius 3 is 1.00 bits per heavy atom. The SMILES string of the molecule is O=S(=O)(O)O.[O]=[Cr](=[O])([OH])[OH].[PbH2]. The van der Waals surface area contributed by atoms with E-state index in [2.05, 4.69) is 0 Å². The maximum atomic E-state index is 8.82. The molecule has 0 bridgehead atoms. The normalized spacial score (nSPS) is 10.5. The van der Waals surface area contributed by atoms with E-state index in [-0.39, 0.29) is 27.3 Å². The molecule has 0 saturated heterocycles. The van der Waals surface area contributed by atoms with Gasteiger partial charge in [0.15, 0.2) is 0 Å². The van der Waals surface area contributed by atoms with Crippen molar-refractivity contribution in [3.8, 4) is 0 Å². The van der Waals surface area contributed by atoms with Crippen LogP contribution in [0.25, 0.3) is 0 Å². The predicted octanol–water partition coefficient (Wildman–Crippen LogP) is -2.92. The average Bonchev–Trinajstić information content (AvgIpc) is 1.12. The molecule has 0 saturated carbocycles. The summed E-state index contributed by atoms with van der Waals surface area (Å²) in [7, 11) is -4.67. The van der Waals surface area contributed by atoms with Crippen molar-refractivity contribution >= 4 is 37.7 Å². The Morgan fingerprint density at radius 1 is 1.00 bits per heavy atom. The molecule has 0 aliphatic rings. The van der Waals surface area contributed by atoms with Crippen molar-refractivity contribution in [1.82, 2.24) is 0 Å². The van der Waals surface area contributed by atoms with E-state index in [1.165, 1.54) is 0 Å². The Bertz CT molecular complexity index is 210. The van der Waals surface area contributed by atoms with Gasteiger partial charge >= 0.3 is 67.2 Å². The predicted molar refractivity (Wildman–Crippen MR) is 28.5 cm³/mol. The number of hydrogen-bond donors (Lipinski definition) is 4. The summed E-state index contributed by atoms with van der Waals surface area (Å²) in [6.07, 6.45) is 0. The Kier molecular flexibility index (Phi) is 10.3. The molecular formula is H6CrO8PbS. The molecule has 0 fully saturated rings. The third kappa shape index (κ3) is 1190. The molecule has 0 aliphatic carbocycles. The molecule has 8 nitrogen and oxygen atoms in total. The average molecular weight is 425 g/mol. The van der Waals surface area contributed by atoms with Crippen molar-refractivity contribution in [3.05, 3.63) is 0 Å². The van der Waals surface area contributed by atoms with E-state index in [1.807, 2.05) is 0 Å². The van der Waals surface area contributed by atoms with Crippen molar-refractivity contribution in [2.75, 3.05) is 0 Å². The Balaban J connectivity index is -0.000000107. The summed E-state index contributed by atoms with van der Waals surface area (Å²) in [5, 5.41) is 0. The van der Waals surface area contributed by atoms with Crippen molar-refractivity contribution in [1.29, 1.82) is 0 Å². The molecule has 2 radical (unpaired) electrons. The molecule has 0 aliphatic heterocycles. The van der Waals surface area contributed by atoms with Gasteiger partial charge in [-0.2, -0.15) is 8.42 Å². The van der Waals surface area contributed by atoms with Gasteiger partial charge in [-0.3, -0.25) is 9.11 Å². The second kappa shape index (κ2) is 6.37. The molecule has 0 aromatic carbocycles. The van der Waals surface area contributed by atoms with Crippen molar-refractivity contribution < 1.29 is 47.1 Å². The van der Waals surface area contributed by atoms with Gasteiger partial charge < -0.3 is 0 Å². The first-order chi connectivity index (χ1) is 4.00. The minimum absolute atomic E-state index is 0.